The van der Waals surface area contributed by atoms with Gasteiger partial charge in [0, 0.05) is 36.2 Å². The third-order valence-corrected chi connectivity index (χ3v) is 6.49. The van der Waals surface area contributed by atoms with Gasteiger partial charge in [0.2, 0.25) is 17.6 Å². The first-order valence-corrected chi connectivity index (χ1v) is 11.5. The summed E-state index contributed by atoms with van der Waals surface area (Å²) in [5.41, 5.74) is 0.681. The van der Waals surface area contributed by atoms with Gasteiger partial charge in [-0.3, -0.25) is 29.3 Å². The average Bonchev–Trinajstić information content (AvgIpc) is 3.13. The number of carbonyl (C=O) groups is 5. The van der Waals surface area contributed by atoms with E-state index in [4.69, 9.17) is 0 Å². The monoisotopic (exact) mass is 497 g/mol. The zero-order valence-electron chi connectivity index (χ0n) is 20.0. The molecule has 36 heavy (non-hydrogen) atoms. The number of nitrogens with zero attached hydrogens (tertiary/aromatic N) is 1. The van der Waals surface area contributed by atoms with Gasteiger partial charge in [-0.1, -0.05) is 45.0 Å². The molecule has 0 aliphatic carbocycles. The van der Waals surface area contributed by atoms with E-state index in [2.05, 4.69) is 10.6 Å². The second-order valence-electron chi connectivity index (χ2n) is 9.92. The molecule has 2 aromatic rings. The predicted molar refractivity (Wildman–Crippen MR) is 124 cm³/mol. The van der Waals surface area contributed by atoms with E-state index in [-0.39, 0.29) is 47.1 Å². The highest BCUT2D eigenvalue weighted by Crippen LogP contribution is 2.32. The Bertz CT molecular complexity index is 1300. The number of amides is 4. The Balaban J connectivity index is 1.52. The van der Waals surface area contributed by atoms with E-state index in [1.165, 1.54) is 12.1 Å². The lowest BCUT2D eigenvalue weighted by Gasteiger charge is -2.29. The molecule has 2 aliphatic heterocycles. The maximum Gasteiger partial charge on any atom is 0.292 e. The van der Waals surface area contributed by atoms with E-state index in [0.717, 1.165) is 16.5 Å². The number of benzene rings is 2. The second kappa shape index (κ2) is 9.25. The minimum absolute atomic E-state index is 0.0288. The maximum atomic E-state index is 14.7. The summed E-state index contributed by atoms with van der Waals surface area (Å²) in [5.74, 6) is -6.20. The summed E-state index contributed by atoms with van der Waals surface area (Å²) in [6.07, 6.45) is 0.116. The molecule has 4 rings (SSSR count). The predicted octanol–water partition coefficient (Wildman–Crippen LogP) is 2.52. The molecule has 4 amide bonds. The summed E-state index contributed by atoms with van der Waals surface area (Å²) in [6.45, 7) is 5.29. The van der Waals surface area contributed by atoms with Gasteiger partial charge in [0.1, 0.15) is 6.04 Å². The molecular weight excluding hydrogens is 472 g/mol. The van der Waals surface area contributed by atoms with Crippen LogP contribution in [0.1, 0.15) is 71.0 Å². The van der Waals surface area contributed by atoms with E-state index in [1.54, 1.807) is 12.1 Å². The number of imide groups is 1. The molecule has 2 N–H and O–H groups in total. The smallest absolute Gasteiger partial charge is 0.292 e. The lowest BCUT2D eigenvalue weighted by atomic mass is 9.86. The van der Waals surface area contributed by atoms with Crippen LogP contribution in [0, 0.1) is 11.6 Å². The van der Waals surface area contributed by atoms with Crippen LogP contribution in [0.2, 0.25) is 0 Å². The van der Waals surface area contributed by atoms with Crippen molar-refractivity contribution >= 4 is 29.4 Å². The van der Waals surface area contributed by atoms with Crippen molar-refractivity contribution in [1.82, 2.24) is 15.5 Å². The fourth-order valence-electron chi connectivity index (χ4n) is 4.40. The number of rotatable bonds is 5. The fourth-order valence-corrected chi connectivity index (χ4v) is 4.40. The maximum absolute atomic E-state index is 14.7. The summed E-state index contributed by atoms with van der Waals surface area (Å²) in [7, 11) is 0. The molecule has 2 aliphatic rings. The average molecular weight is 497 g/mol. The molecule has 1 fully saturated rings. The molecule has 2 aromatic carbocycles. The Morgan fingerprint density at radius 2 is 1.78 bits per heavy atom. The van der Waals surface area contributed by atoms with E-state index in [9.17, 15) is 32.8 Å². The minimum Gasteiger partial charge on any atom is -0.345 e. The SMILES string of the molecule is CC(C)(C)c1ccc(C(=O)C(=O)NCc2c(F)c(F)cc3c2CN(C2CCC(=O)NC2=O)C3=O)cc1. The quantitative estimate of drug-likeness (QED) is 0.375. The molecule has 1 unspecified atom stereocenters. The molecule has 10 heteroatoms. The molecule has 0 spiro atoms. The van der Waals surface area contributed by atoms with Crippen LogP contribution < -0.4 is 10.6 Å². The van der Waals surface area contributed by atoms with E-state index >= 15 is 0 Å². The van der Waals surface area contributed by atoms with Gasteiger partial charge in [-0.25, -0.2) is 8.78 Å². The Hall–Kier alpha value is -3.95. The van der Waals surface area contributed by atoms with Gasteiger partial charge in [0.05, 0.1) is 0 Å². The third-order valence-electron chi connectivity index (χ3n) is 6.49. The molecule has 0 aromatic heterocycles. The molecule has 0 radical (unpaired) electrons. The summed E-state index contributed by atoms with van der Waals surface area (Å²) in [4.78, 5) is 62.8. The standard InChI is InChI=1S/C26H25F2N3O5/c1-26(2,3)14-6-4-13(5-7-14)22(33)24(35)29-11-16-17-12-31(19-8-9-20(32)30-23(19)34)25(36)15(17)10-18(27)21(16)28/h4-7,10,19H,8-9,11-12H2,1-3H3,(H,29,35)(H,30,32,34). The van der Waals surface area contributed by atoms with E-state index in [1.807, 2.05) is 20.8 Å². The number of hydrogen-bond donors (Lipinski definition) is 2. The molecular formula is C26H25F2N3O5. The number of halogens is 2. The van der Waals surface area contributed by atoms with Gasteiger partial charge in [-0.15, -0.1) is 0 Å². The summed E-state index contributed by atoms with van der Waals surface area (Å²) >= 11 is 0. The number of fused-ring (bicyclic) bond motifs is 1. The highest BCUT2D eigenvalue weighted by atomic mass is 19.2. The second-order valence-corrected chi connectivity index (χ2v) is 9.92. The van der Waals surface area contributed by atoms with Crippen LogP contribution in [0.4, 0.5) is 8.78 Å². The summed E-state index contributed by atoms with van der Waals surface area (Å²) in [5, 5.41) is 4.47. The number of Topliss-reactive ketones (excluding diaryl/α,β-unsaturated/α-hetero) is 1. The van der Waals surface area contributed by atoms with Crippen LogP contribution in [0.3, 0.4) is 0 Å². The molecule has 1 saturated heterocycles. The van der Waals surface area contributed by atoms with Gasteiger partial charge in [-0.05, 0) is 29.0 Å². The largest absolute Gasteiger partial charge is 0.345 e. The highest BCUT2D eigenvalue weighted by Gasteiger charge is 2.41. The van der Waals surface area contributed by atoms with Crippen LogP contribution in [0.5, 0.6) is 0 Å². The zero-order valence-corrected chi connectivity index (χ0v) is 20.0. The molecule has 8 nitrogen and oxygen atoms in total. The van der Waals surface area contributed by atoms with E-state index < -0.39 is 53.6 Å². The molecule has 1 atom stereocenters. The Morgan fingerprint density at radius 3 is 2.39 bits per heavy atom. The lowest BCUT2D eigenvalue weighted by Crippen LogP contribution is -2.52. The minimum atomic E-state index is -1.29. The number of carbonyl (C=O) groups excluding carboxylic acids is 5. The van der Waals surface area contributed by atoms with Gasteiger partial charge < -0.3 is 10.2 Å². The number of nitrogens with one attached hydrogen (secondary N) is 2. The Labute approximate surface area is 206 Å². The van der Waals surface area contributed by atoms with Crippen molar-refractivity contribution in [2.75, 3.05) is 0 Å². The van der Waals surface area contributed by atoms with Crippen LogP contribution in [-0.2, 0) is 32.9 Å². The van der Waals surface area contributed by atoms with Crippen molar-refractivity contribution in [2.45, 2.75) is 58.2 Å². The third kappa shape index (κ3) is 4.62. The fraction of sp³-hybridized carbons (Fsp3) is 0.346. The van der Waals surface area contributed by atoms with Gasteiger partial charge in [-0.2, -0.15) is 0 Å². The molecule has 0 bridgehead atoms. The van der Waals surface area contributed by atoms with Gasteiger partial charge in [0.25, 0.3) is 11.8 Å². The first-order valence-electron chi connectivity index (χ1n) is 11.5. The van der Waals surface area contributed by atoms with Crippen LogP contribution >= 0.6 is 0 Å². The van der Waals surface area contributed by atoms with Crippen molar-refractivity contribution < 1.29 is 32.8 Å². The molecule has 2 heterocycles. The molecule has 188 valence electrons. The normalized spacial score (nSPS) is 17.6. The Kier molecular flexibility index (Phi) is 6.46. The number of piperidine rings is 1. The van der Waals surface area contributed by atoms with Crippen molar-refractivity contribution in [2.24, 2.45) is 0 Å². The summed E-state index contributed by atoms with van der Waals surface area (Å²) in [6, 6.07) is 6.34. The first-order chi connectivity index (χ1) is 16.9. The van der Waals surface area contributed by atoms with Crippen molar-refractivity contribution in [3.05, 3.63) is 69.8 Å². The highest BCUT2D eigenvalue weighted by molar-refractivity contribution is 6.42. The number of ketones is 1. The van der Waals surface area contributed by atoms with E-state index in [0.29, 0.717) is 0 Å². The van der Waals surface area contributed by atoms with Crippen molar-refractivity contribution in [3.63, 3.8) is 0 Å². The first kappa shape index (κ1) is 25.2. The van der Waals surface area contributed by atoms with Crippen LogP contribution in [-0.4, -0.2) is 40.4 Å². The lowest BCUT2D eigenvalue weighted by molar-refractivity contribution is -0.137. The zero-order chi connectivity index (χ0) is 26.4. The van der Waals surface area contributed by atoms with Crippen molar-refractivity contribution in [3.8, 4) is 0 Å². The van der Waals surface area contributed by atoms with Gasteiger partial charge in [0.15, 0.2) is 11.6 Å². The van der Waals surface area contributed by atoms with Gasteiger partial charge >= 0.3 is 0 Å². The van der Waals surface area contributed by atoms with Crippen LogP contribution in [0.15, 0.2) is 30.3 Å². The Morgan fingerprint density at radius 1 is 1.11 bits per heavy atom. The molecule has 0 saturated carbocycles. The van der Waals surface area contributed by atoms with Crippen LogP contribution in [0.25, 0.3) is 0 Å². The number of hydrogen-bond acceptors (Lipinski definition) is 5. The topological polar surface area (TPSA) is 113 Å². The summed E-state index contributed by atoms with van der Waals surface area (Å²) < 4.78 is 29.1. The van der Waals surface area contributed by atoms with Crippen molar-refractivity contribution in [1.29, 1.82) is 0 Å².